The van der Waals surface area contributed by atoms with Gasteiger partial charge in [0.15, 0.2) is 5.65 Å². The molecule has 3 aromatic heterocycles. The normalized spacial score (nSPS) is 15.4. The molecule has 2 N–H and O–H groups in total. The van der Waals surface area contributed by atoms with Crippen molar-refractivity contribution in [2.45, 2.75) is 25.4 Å². The molecular formula is C24H24ClN7O4. The number of nitrogens with one attached hydrogen (secondary N) is 1. The van der Waals surface area contributed by atoms with Crippen molar-refractivity contribution >= 4 is 34.7 Å². The number of halogens is 1. The Bertz CT molecular complexity index is 1430. The number of rotatable bonds is 7. The molecule has 0 radical (unpaired) electrons. The highest BCUT2D eigenvalue weighted by Crippen LogP contribution is 2.36. The van der Waals surface area contributed by atoms with Crippen LogP contribution >= 0.6 is 11.6 Å². The van der Waals surface area contributed by atoms with Crippen molar-refractivity contribution in [1.82, 2.24) is 29.3 Å². The van der Waals surface area contributed by atoms with Crippen molar-refractivity contribution in [1.29, 1.82) is 0 Å². The van der Waals surface area contributed by atoms with Gasteiger partial charge in [-0.2, -0.15) is 10.2 Å². The molecule has 0 unspecified atom stereocenters. The average Bonchev–Trinajstić information content (AvgIpc) is 3.62. The number of carbonyl (C=O) groups is 2. The number of hydrogen-bond acceptors (Lipinski definition) is 7. The molecule has 186 valence electrons. The quantitative estimate of drug-likeness (QED) is 0.392. The van der Waals surface area contributed by atoms with Gasteiger partial charge in [-0.1, -0.05) is 11.6 Å². The second-order valence-corrected chi connectivity index (χ2v) is 8.84. The number of aliphatic hydroxyl groups excluding tert-OH is 1. The summed E-state index contributed by atoms with van der Waals surface area (Å²) in [6.07, 6.45) is 7.92. The number of ether oxygens (including phenoxy) is 1. The van der Waals surface area contributed by atoms with E-state index in [4.69, 9.17) is 16.3 Å². The number of aliphatic hydroxyl groups is 1. The molecule has 5 rings (SSSR count). The van der Waals surface area contributed by atoms with Gasteiger partial charge < -0.3 is 20.1 Å². The fourth-order valence-electron chi connectivity index (χ4n) is 4.42. The van der Waals surface area contributed by atoms with Crippen LogP contribution in [0.1, 0.15) is 23.2 Å². The van der Waals surface area contributed by atoms with Crippen molar-refractivity contribution in [2.75, 3.05) is 25.6 Å². The van der Waals surface area contributed by atoms with Crippen LogP contribution in [0.2, 0.25) is 5.02 Å². The highest BCUT2D eigenvalue weighted by Gasteiger charge is 2.29. The molecule has 4 aromatic rings. The predicted octanol–water partition coefficient (Wildman–Crippen LogP) is 2.49. The first-order valence-corrected chi connectivity index (χ1v) is 11.8. The molecule has 2 amide bonds. The Morgan fingerprint density at radius 3 is 3.00 bits per heavy atom. The van der Waals surface area contributed by atoms with Crippen LogP contribution in [0, 0.1) is 0 Å². The first-order valence-electron chi connectivity index (χ1n) is 11.4. The molecular weight excluding hydrogens is 486 g/mol. The van der Waals surface area contributed by atoms with Crippen LogP contribution in [-0.2, 0) is 11.3 Å². The van der Waals surface area contributed by atoms with Gasteiger partial charge in [-0.25, -0.2) is 9.50 Å². The minimum absolute atomic E-state index is 0.0550. The van der Waals surface area contributed by atoms with E-state index in [0.29, 0.717) is 39.9 Å². The van der Waals surface area contributed by atoms with Crippen LogP contribution in [0.4, 0.5) is 5.69 Å². The highest BCUT2D eigenvalue weighted by molar-refractivity contribution is 6.31. The Morgan fingerprint density at radius 2 is 2.19 bits per heavy atom. The van der Waals surface area contributed by atoms with Crippen molar-refractivity contribution in [3.63, 3.8) is 0 Å². The number of amides is 2. The number of fused-ring (bicyclic) bond motifs is 1. The molecule has 0 spiro atoms. The first kappa shape index (κ1) is 23.8. The van der Waals surface area contributed by atoms with Gasteiger partial charge in [0.25, 0.3) is 5.91 Å². The summed E-state index contributed by atoms with van der Waals surface area (Å²) in [7, 11) is 1.53. The van der Waals surface area contributed by atoms with Crippen molar-refractivity contribution < 1.29 is 19.4 Å². The summed E-state index contributed by atoms with van der Waals surface area (Å²) in [6, 6.07) is 6.61. The maximum Gasteiger partial charge on any atom is 0.261 e. The summed E-state index contributed by atoms with van der Waals surface area (Å²) in [4.78, 5) is 32.1. The lowest BCUT2D eigenvalue weighted by Gasteiger charge is -2.22. The Kier molecular flexibility index (Phi) is 6.57. The number of likely N-dealkylation sites (tertiary alicyclic amines) is 1. The molecule has 1 saturated heterocycles. The first-order chi connectivity index (χ1) is 17.5. The minimum atomic E-state index is -0.434. The third-order valence-electron chi connectivity index (χ3n) is 6.16. The lowest BCUT2D eigenvalue weighted by Crippen LogP contribution is -2.39. The lowest BCUT2D eigenvalue weighted by atomic mass is 10.1. The van der Waals surface area contributed by atoms with Crippen molar-refractivity contribution in [2.24, 2.45) is 0 Å². The summed E-state index contributed by atoms with van der Waals surface area (Å²) in [5, 5.41) is 21.7. The Morgan fingerprint density at radius 1 is 1.33 bits per heavy atom. The van der Waals surface area contributed by atoms with Gasteiger partial charge in [0.2, 0.25) is 5.91 Å². The standard InChI is InChI=1S/C24H24ClN7O4/c1-36-20-6-5-15(25)10-17(20)22-19(28-24(35)18-11-27-32-9-3-7-26-23(18)32)12-30(29-22)13-21(34)31-8-2-4-16(31)14-33/h3,5-7,9-12,16,33H,2,4,8,13-14H2,1H3,(H,28,35)/t16-/m0/s1. The van der Waals surface area contributed by atoms with E-state index in [1.165, 1.54) is 22.5 Å². The Hall–Kier alpha value is -3.96. The molecule has 1 aliphatic rings. The molecule has 11 nitrogen and oxygen atoms in total. The van der Waals surface area contributed by atoms with Gasteiger partial charge in [0.1, 0.15) is 23.6 Å². The largest absolute Gasteiger partial charge is 0.496 e. The number of methoxy groups -OCH3 is 1. The smallest absolute Gasteiger partial charge is 0.261 e. The van der Waals surface area contributed by atoms with Crippen LogP contribution in [0.15, 0.2) is 49.1 Å². The average molecular weight is 510 g/mol. The van der Waals surface area contributed by atoms with E-state index in [-0.39, 0.29) is 30.7 Å². The Balaban J connectivity index is 1.50. The maximum atomic E-state index is 13.2. The van der Waals surface area contributed by atoms with Gasteiger partial charge >= 0.3 is 0 Å². The van der Waals surface area contributed by atoms with E-state index < -0.39 is 5.91 Å². The minimum Gasteiger partial charge on any atom is -0.496 e. The topological polar surface area (TPSA) is 127 Å². The molecule has 1 fully saturated rings. The molecule has 0 saturated carbocycles. The van der Waals surface area contributed by atoms with E-state index in [0.717, 1.165) is 12.8 Å². The molecule has 1 aromatic carbocycles. The third kappa shape index (κ3) is 4.50. The second kappa shape index (κ2) is 9.96. The fourth-order valence-corrected chi connectivity index (χ4v) is 4.59. The van der Waals surface area contributed by atoms with E-state index in [1.54, 1.807) is 47.8 Å². The zero-order valence-corrected chi connectivity index (χ0v) is 20.2. The summed E-state index contributed by atoms with van der Waals surface area (Å²) in [5.41, 5.74) is 2.00. The van der Waals surface area contributed by atoms with Crippen molar-refractivity contribution in [3.8, 4) is 17.0 Å². The third-order valence-corrected chi connectivity index (χ3v) is 6.39. The molecule has 1 atom stereocenters. The van der Waals surface area contributed by atoms with Crippen LogP contribution in [0.3, 0.4) is 0 Å². The second-order valence-electron chi connectivity index (χ2n) is 8.40. The van der Waals surface area contributed by atoms with Gasteiger partial charge in [0.05, 0.1) is 31.6 Å². The van der Waals surface area contributed by atoms with Gasteiger partial charge in [-0.3, -0.25) is 14.3 Å². The van der Waals surface area contributed by atoms with Crippen LogP contribution in [-0.4, -0.2) is 72.5 Å². The van der Waals surface area contributed by atoms with Crippen LogP contribution in [0.5, 0.6) is 5.75 Å². The molecule has 0 aliphatic carbocycles. The monoisotopic (exact) mass is 509 g/mol. The summed E-state index contributed by atoms with van der Waals surface area (Å²) < 4.78 is 8.47. The predicted molar refractivity (Wildman–Crippen MR) is 132 cm³/mol. The molecule has 36 heavy (non-hydrogen) atoms. The van der Waals surface area contributed by atoms with Crippen molar-refractivity contribution in [3.05, 3.63) is 59.6 Å². The number of benzene rings is 1. The highest BCUT2D eigenvalue weighted by atomic mass is 35.5. The SMILES string of the molecule is COc1ccc(Cl)cc1-c1nn(CC(=O)N2CCC[C@H]2CO)cc1NC(=O)c1cnn2cccnc12. The van der Waals surface area contributed by atoms with Crippen LogP contribution in [0.25, 0.3) is 16.9 Å². The zero-order chi connectivity index (χ0) is 25.2. The van der Waals surface area contributed by atoms with E-state index in [9.17, 15) is 14.7 Å². The fraction of sp³-hybridized carbons (Fsp3) is 0.292. The van der Waals surface area contributed by atoms with Gasteiger partial charge in [-0.15, -0.1) is 0 Å². The van der Waals surface area contributed by atoms with E-state index >= 15 is 0 Å². The van der Waals surface area contributed by atoms with Crippen LogP contribution < -0.4 is 10.1 Å². The summed E-state index contributed by atoms with van der Waals surface area (Å²) in [5.74, 6) is -0.0934. The number of carbonyl (C=O) groups excluding carboxylic acids is 2. The Labute approximate surface area is 211 Å². The summed E-state index contributed by atoms with van der Waals surface area (Å²) in [6.45, 7) is 0.455. The number of hydrogen-bond donors (Lipinski definition) is 2. The van der Waals surface area contributed by atoms with E-state index in [2.05, 4.69) is 20.5 Å². The number of aromatic nitrogens is 5. The zero-order valence-electron chi connectivity index (χ0n) is 19.5. The summed E-state index contributed by atoms with van der Waals surface area (Å²) >= 11 is 6.26. The molecule has 4 heterocycles. The maximum absolute atomic E-state index is 13.2. The number of nitrogens with zero attached hydrogens (tertiary/aromatic N) is 6. The molecule has 12 heteroatoms. The molecule has 0 bridgehead atoms. The van der Waals surface area contributed by atoms with E-state index in [1.807, 2.05) is 0 Å². The lowest BCUT2D eigenvalue weighted by molar-refractivity contribution is -0.133. The molecule has 1 aliphatic heterocycles. The van der Waals surface area contributed by atoms with Gasteiger partial charge in [0, 0.05) is 35.7 Å². The van der Waals surface area contributed by atoms with Gasteiger partial charge in [-0.05, 0) is 37.1 Å². The number of anilines is 1.